The van der Waals surface area contributed by atoms with Crippen molar-refractivity contribution in [1.82, 2.24) is 0 Å². The molecule has 1 rings (SSSR count). The standard InChI is InChI=1S/C10H16O2/c1-3-4-5-10-9(8(2)11)6-7-12-10/h4-5,9-10H,3,6-7H2,1-2H3/b5-4+. The highest BCUT2D eigenvalue weighted by Crippen LogP contribution is 2.22. The number of hydrogen-bond acceptors (Lipinski definition) is 2. The number of carbonyl (C=O) groups is 1. The minimum absolute atomic E-state index is 0.0439. The molecule has 0 spiro atoms. The fourth-order valence-corrected chi connectivity index (χ4v) is 1.51. The van der Waals surface area contributed by atoms with E-state index in [1.54, 1.807) is 6.92 Å². The second-order valence-corrected chi connectivity index (χ2v) is 3.18. The molecule has 1 heterocycles. The van der Waals surface area contributed by atoms with Crippen LogP contribution in [0.3, 0.4) is 0 Å². The minimum Gasteiger partial charge on any atom is -0.373 e. The highest BCUT2D eigenvalue weighted by Gasteiger charge is 2.29. The van der Waals surface area contributed by atoms with Gasteiger partial charge in [-0.3, -0.25) is 4.79 Å². The number of ketones is 1. The Morgan fingerprint density at radius 1 is 1.67 bits per heavy atom. The average molecular weight is 168 g/mol. The van der Waals surface area contributed by atoms with Gasteiger partial charge in [0.2, 0.25) is 0 Å². The molecule has 0 aromatic heterocycles. The lowest BCUT2D eigenvalue weighted by Crippen LogP contribution is -2.19. The number of Topliss-reactive ketones (excluding diaryl/α,β-unsaturated/α-hetero) is 1. The summed E-state index contributed by atoms with van der Waals surface area (Å²) in [4.78, 5) is 11.1. The van der Waals surface area contributed by atoms with Crippen LogP contribution in [0.1, 0.15) is 26.7 Å². The molecule has 0 amide bonds. The van der Waals surface area contributed by atoms with Crippen LogP contribution in [0.15, 0.2) is 12.2 Å². The van der Waals surface area contributed by atoms with Crippen molar-refractivity contribution in [2.75, 3.05) is 6.61 Å². The molecular weight excluding hydrogens is 152 g/mol. The normalized spacial score (nSPS) is 29.8. The number of allylic oxidation sites excluding steroid dienone is 1. The van der Waals surface area contributed by atoms with Crippen molar-refractivity contribution in [2.45, 2.75) is 32.8 Å². The molecular formula is C10H16O2. The van der Waals surface area contributed by atoms with E-state index in [0.29, 0.717) is 0 Å². The maximum Gasteiger partial charge on any atom is 0.135 e. The number of carbonyl (C=O) groups excluding carboxylic acids is 1. The Balaban J connectivity index is 2.52. The van der Waals surface area contributed by atoms with Gasteiger partial charge < -0.3 is 4.74 Å². The van der Waals surface area contributed by atoms with Gasteiger partial charge in [0.05, 0.1) is 6.10 Å². The first-order chi connectivity index (χ1) is 5.75. The van der Waals surface area contributed by atoms with Gasteiger partial charge in [-0.05, 0) is 19.8 Å². The van der Waals surface area contributed by atoms with Crippen LogP contribution < -0.4 is 0 Å². The van der Waals surface area contributed by atoms with E-state index in [9.17, 15) is 4.79 Å². The molecule has 2 atom stereocenters. The lowest BCUT2D eigenvalue weighted by Gasteiger charge is -2.10. The summed E-state index contributed by atoms with van der Waals surface area (Å²) in [5.74, 6) is 0.353. The van der Waals surface area contributed by atoms with Gasteiger partial charge in [-0.2, -0.15) is 0 Å². The third-order valence-electron chi connectivity index (χ3n) is 2.22. The summed E-state index contributed by atoms with van der Waals surface area (Å²) in [6, 6.07) is 0. The van der Waals surface area contributed by atoms with E-state index < -0.39 is 0 Å². The summed E-state index contributed by atoms with van der Waals surface area (Å²) in [7, 11) is 0. The maximum atomic E-state index is 11.1. The molecule has 1 saturated heterocycles. The van der Waals surface area contributed by atoms with Crippen LogP contribution in [0.5, 0.6) is 0 Å². The molecule has 1 aliphatic rings. The van der Waals surface area contributed by atoms with Crippen molar-refractivity contribution in [1.29, 1.82) is 0 Å². The van der Waals surface area contributed by atoms with Gasteiger partial charge in [-0.15, -0.1) is 0 Å². The number of rotatable bonds is 3. The fraction of sp³-hybridized carbons (Fsp3) is 0.700. The first-order valence-corrected chi connectivity index (χ1v) is 4.54. The Labute approximate surface area is 73.6 Å². The third kappa shape index (κ3) is 2.18. The van der Waals surface area contributed by atoms with E-state index in [1.807, 2.05) is 6.08 Å². The molecule has 1 fully saturated rings. The zero-order chi connectivity index (χ0) is 8.97. The lowest BCUT2D eigenvalue weighted by molar-refractivity contribution is -0.121. The van der Waals surface area contributed by atoms with Crippen molar-refractivity contribution < 1.29 is 9.53 Å². The SMILES string of the molecule is CC/C=C/C1OCCC1C(C)=O. The van der Waals surface area contributed by atoms with Crippen LogP contribution in [0, 0.1) is 5.92 Å². The largest absolute Gasteiger partial charge is 0.373 e. The molecule has 0 bridgehead atoms. The van der Waals surface area contributed by atoms with E-state index in [-0.39, 0.29) is 17.8 Å². The molecule has 0 aromatic carbocycles. The maximum absolute atomic E-state index is 11.1. The molecule has 0 radical (unpaired) electrons. The topological polar surface area (TPSA) is 26.3 Å². The Morgan fingerprint density at radius 2 is 2.42 bits per heavy atom. The van der Waals surface area contributed by atoms with Crippen LogP contribution in [0.2, 0.25) is 0 Å². The summed E-state index contributed by atoms with van der Waals surface area (Å²) in [6.45, 7) is 4.45. The molecule has 0 saturated carbocycles. The van der Waals surface area contributed by atoms with Crippen molar-refractivity contribution in [3.63, 3.8) is 0 Å². The van der Waals surface area contributed by atoms with Gasteiger partial charge in [0.15, 0.2) is 0 Å². The van der Waals surface area contributed by atoms with E-state index in [0.717, 1.165) is 19.4 Å². The van der Waals surface area contributed by atoms with Gasteiger partial charge in [-0.25, -0.2) is 0 Å². The van der Waals surface area contributed by atoms with E-state index in [4.69, 9.17) is 4.74 Å². The first kappa shape index (κ1) is 9.46. The third-order valence-corrected chi connectivity index (χ3v) is 2.22. The second kappa shape index (κ2) is 4.41. The molecule has 2 nitrogen and oxygen atoms in total. The predicted molar refractivity (Wildman–Crippen MR) is 48.0 cm³/mol. The monoisotopic (exact) mass is 168 g/mol. The fourth-order valence-electron chi connectivity index (χ4n) is 1.51. The van der Waals surface area contributed by atoms with Crippen LogP contribution in [-0.2, 0) is 9.53 Å². The van der Waals surface area contributed by atoms with Gasteiger partial charge in [0, 0.05) is 12.5 Å². The molecule has 2 unspecified atom stereocenters. The summed E-state index contributed by atoms with van der Waals surface area (Å²) in [6.07, 6.45) is 6.01. The van der Waals surface area contributed by atoms with Crippen LogP contribution in [0.25, 0.3) is 0 Å². The molecule has 0 N–H and O–H groups in total. The van der Waals surface area contributed by atoms with Gasteiger partial charge in [0.25, 0.3) is 0 Å². The minimum atomic E-state index is 0.0439. The molecule has 1 aliphatic heterocycles. The number of hydrogen-bond donors (Lipinski definition) is 0. The van der Waals surface area contributed by atoms with Gasteiger partial charge >= 0.3 is 0 Å². The quantitative estimate of drug-likeness (QED) is 0.602. The predicted octanol–water partition coefficient (Wildman–Crippen LogP) is 1.95. The molecule has 68 valence electrons. The Bertz CT molecular complexity index is 184. The van der Waals surface area contributed by atoms with Crippen molar-refractivity contribution in [2.24, 2.45) is 5.92 Å². The Kier molecular flexibility index (Phi) is 3.48. The van der Waals surface area contributed by atoms with E-state index in [2.05, 4.69) is 13.0 Å². The average Bonchev–Trinajstić information content (AvgIpc) is 2.48. The first-order valence-electron chi connectivity index (χ1n) is 4.54. The second-order valence-electron chi connectivity index (χ2n) is 3.18. The zero-order valence-corrected chi connectivity index (χ0v) is 7.75. The number of ether oxygens (including phenoxy) is 1. The Hall–Kier alpha value is -0.630. The van der Waals surface area contributed by atoms with Gasteiger partial charge in [-0.1, -0.05) is 19.1 Å². The summed E-state index contributed by atoms with van der Waals surface area (Å²) in [5.41, 5.74) is 0. The highest BCUT2D eigenvalue weighted by molar-refractivity contribution is 5.79. The van der Waals surface area contributed by atoms with Crippen LogP contribution in [-0.4, -0.2) is 18.5 Å². The zero-order valence-electron chi connectivity index (χ0n) is 7.75. The molecule has 0 aliphatic carbocycles. The summed E-state index contributed by atoms with van der Waals surface area (Å²) < 4.78 is 5.42. The summed E-state index contributed by atoms with van der Waals surface area (Å²) in [5, 5.41) is 0. The smallest absolute Gasteiger partial charge is 0.135 e. The molecule has 0 aromatic rings. The van der Waals surface area contributed by atoms with Crippen LogP contribution in [0.4, 0.5) is 0 Å². The van der Waals surface area contributed by atoms with Crippen molar-refractivity contribution in [3.05, 3.63) is 12.2 Å². The molecule has 12 heavy (non-hydrogen) atoms. The van der Waals surface area contributed by atoms with Crippen LogP contribution >= 0.6 is 0 Å². The summed E-state index contributed by atoms with van der Waals surface area (Å²) >= 11 is 0. The van der Waals surface area contributed by atoms with E-state index in [1.165, 1.54) is 0 Å². The lowest BCUT2D eigenvalue weighted by atomic mass is 9.97. The highest BCUT2D eigenvalue weighted by atomic mass is 16.5. The van der Waals surface area contributed by atoms with Gasteiger partial charge in [0.1, 0.15) is 5.78 Å². The van der Waals surface area contributed by atoms with E-state index >= 15 is 0 Å². The van der Waals surface area contributed by atoms with Crippen molar-refractivity contribution in [3.8, 4) is 0 Å². The molecule has 2 heteroatoms. The Morgan fingerprint density at radius 3 is 3.00 bits per heavy atom. The van der Waals surface area contributed by atoms with Crippen molar-refractivity contribution >= 4 is 5.78 Å².